The van der Waals surface area contributed by atoms with Crippen LogP contribution in [0, 0.1) is 0 Å². The van der Waals surface area contributed by atoms with Gasteiger partial charge in [-0.15, -0.1) is 0 Å². The summed E-state index contributed by atoms with van der Waals surface area (Å²) in [6.45, 7) is 5.25. The van der Waals surface area contributed by atoms with E-state index in [1.54, 1.807) is 11.1 Å². The number of rotatable bonds is 8. The van der Waals surface area contributed by atoms with Crippen LogP contribution in [-0.2, 0) is 23.5 Å². The van der Waals surface area contributed by atoms with Gasteiger partial charge in [0, 0.05) is 30.0 Å². The van der Waals surface area contributed by atoms with Crippen LogP contribution in [0.25, 0.3) is 10.9 Å². The van der Waals surface area contributed by atoms with Gasteiger partial charge in [-0.25, -0.2) is 0 Å². The molecule has 0 radical (unpaired) electrons. The molecule has 40 heavy (non-hydrogen) atoms. The molecule has 0 saturated carbocycles. The lowest BCUT2D eigenvalue weighted by Gasteiger charge is -2.16. The molecule has 0 bridgehead atoms. The zero-order chi connectivity index (χ0) is 27.1. The van der Waals surface area contributed by atoms with E-state index < -0.39 is 0 Å². The van der Waals surface area contributed by atoms with Crippen LogP contribution >= 0.6 is 12.6 Å². The van der Waals surface area contributed by atoms with Gasteiger partial charge in [-0.1, -0.05) is 42.5 Å². The van der Waals surface area contributed by atoms with Crippen molar-refractivity contribution in [2.24, 2.45) is 5.73 Å². The molecule has 0 fully saturated rings. The van der Waals surface area contributed by atoms with Gasteiger partial charge >= 0.3 is 0 Å². The molecule has 0 unspecified atom stereocenters. The first-order valence-corrected chi connectivity index (χ1v) is 13.1. The zero-order valence-corrected chi connectivity index (χ0v) is 23.4. The highest BCUT2D eigenvalue weighted by molar-refractivity contribution is 7.79. The summed E-state index contributed by atoms with van der Waals surface area (Å²) in [6, 6.07) is 21.2. The number of carbonyl (C=O) groups excluding carboxylic acids is 2. The van der Waals surface area contributed by atoms with E-state index in [0.29, 0.717) is 54.5 Å². The Morgan fingerprint density at radius 1 is 0.950 bits per heavy atom. The maximum absolute atomic E-state index is 13.4. The van der Waals surface area contributed by atoms with Gasteiger partial charge in [0.15, 0.2) is 5.75 Å². The number of amides is 2. The minimum atomic E-state index is -0.286. The Kier molecular flexibility index (Phi) is 11.9. The highest BCUT2D eigenvalue weighted by Gasteiger charge is 2.37. The monoisotopic (exact) mass is 567 g/mol. The number of primary amides is 1. The number of hydrogen-bond acceptors (Lipinski definition) is 6. The highest BCUT2D eigenvalue weighted by Crippen LogP contribution is 2.45. The third kappa shape index (κ3) is 6.90. The number of thiol groups is 1. The molecule has 1 aliphatic heterocycles. The second-order valence-electron chi connectivity index (χ2n) is 8.62. The molecule has 0 atom stereocenters. The Morgan fingerprint density at radius 3 is 2.20 bits per heavy atom. The van der Waals surface area contributed by atoms with Crippen molar-refractivity contribution in [3.05, 3.63) is 95.2 Å². The number of hydrogen-bond donors (Lipinski definition) is 2. The number of fused-ring (bicyclic) bond motifs is 2. The predicted octanol–water partition coefficient (Wildman–Crippen LogP) is 3.93. The number of pyridine rings is 1. The molecule has 9 nitrogen and oxygen atoms in total. The largest absolute Gasteiger partial charge is 0.493 e. The fourth-order valence-corrected chi connectivity index (χ4v) is 4.63. The van der Waals surface area contributed by atoms with E-state index in [1.165, 1.54) is 0 Å². The molecule has 10 heteroatoms. The smallest absolute Gasteiger partial charge is 0.262 e. The maximum atomic E-state index is 13.4. The minimum Gasteiger partial charge on any atom is -0.493 e. The lowest BCUT2D eigenvalue weighted by Crippen LogP contribution is -2.23. The van der Waals surface area contributed by atoms with E-state index in [4.69, 9.17) is 15.2 Å². The summed E-state index contributed by atoms with van der Waals surface area (Å²) in [6.07, 6.45) is 2.04. The molecule has 1 aromatic heterocycles. The Morgan fingerprint density at radius 2 is 1.60 bits per heavy atom. The van der Waals surface area contributed by atoms with Gasteiger partial charge in [0.25, 0.3) is 5.91 Å². The van der Waals surface area contributed by atoms with Gasteiger partial charge in [-0.3, -0.25) is 14.6 Å². The number of nitrogens with zero attached hydrogens (tertiary/aromatic N) is 2. The molecule has 5 rings (SSSR count). The third-order valence-corrected chi connectivity index (χ3v) is 6.44. The van der Waals surface area contributed by atoms with E-state index in [2.05, 4.69) is 17.6 Å². The molecule has 4 aromatic rings. The van der Waals surface area contributed by atoms with Gasteiger partial charge in [0.2, 0.25) is 5.91 Å². The van der Waals surface area contributed by atoms with Crippen molar-refractivity contribution >= 4 is 41.0 Å². The first-order valence-electron chi connectivity index (χ1n) is 12.5. The van der Waals surface area contributed by atoms with Gasteiger partial charge in [-0.2, -0.15) is 12.6 Å². The first kappa shape index (κ1) is 32.1. The number of aromatic nitrogens is 1. The quantitative estimate of drug-likeness (QED) is 0.308. The molecule has 2 heterocycles. The lowest BCUT2D eigenvalue weighted by atomic mass is 10.0. The highest BCUT2D eigenvalue weighted by atomic mass is 32.1. The molecule has 1 aliphatic rings. The SMILES string of the molecule is CCOc1c2c(c(OCC)c3ncccc13)C(=O)N(c1ccc(CS)cc1)C2.NC(=O)Cc1ccccc1.O.O.[HH]. The zero-order valence-electron chi connectivity index (χ0n) is 22.5. The Bertz CT molecular complexity index is 1440. The van der Waals surface area contributed by atoms with E-state index in [0.717, 1.165) is 27.8 Å². The first-order chi connectivity index (χ1) is 18.5. The summed E-state index contributed by atoms with van der Waals surface area (Å²) in [7, 11) is 0. The summed E-state index contributed by atoms with van der Waals surface area (Å²) in [5, 5.41) is 0.867. The molecule has 3 aromatic carbocycles. The Labute approximate surface area is 240 Å². The van der Waals surface area contributed by atoms with Gasteiger partial charge < -0.3 is 31.1 Å². The van der Waals surface area contributed by atoms with Crippen molar-refractivity contribution in [3.8, 4) is 11.5 Å². The van der Waals surface area contributed by atoms with Crippen LogP contribution in [0.15, 0.2) is 72.9 Å². The molecule has 0 saturated heterocycles. The van der Waals surface area contributed by atoms with Crippen LogP contribution in [0.3, 0.4) is 0 Å². The minimum absolute atomic E-state index is 0. The van der Waals surface area contributed by atoms with Gasteiger partial charge in [0.05, 0.1) is 31.7 Å². The Hall–Kier alpha value is -4.12. The van der Waals surface area contributed by atoms with Crippen molar-refractivity contribution in [1.82, 2.24) is 4.98 Å². The van der Waals surface area contributed by atoms with Crippen LogP contribution < -0.4 is 20.1 Å². The second-order valence-corrected chi connectivity index (χ2v) is 8.94. The molecular weight excluding hydrogens is 530 g/mol. The molecule has 0 aliphatic carbocycles. The van der Waals surface area contributed by atoms with E-state index in [-0.39, 0.29) is 24.2 Å². The summed E-state index contributed by atoms with van der Waals surface area (Å²) < 4.78 is 11.9. The maximum Gasteiger partial charge on any atom is 0.262 e. The molecule has 0 spiro atoms. The number of carbonyl (C=O) groups is 2. The molecule has 2 amide bonds. The standard InChI is InChI=1S/C22H22N2O3S.C8H9NO.2H2O.H2/c1-3-26-20-16-6-5-11-23-19(16)21(27-4-2)18-17(20)12-24(22(18)25)15-9-7-14(13-28)8-10-15;9-8(10)6-7-4-2-1-3-5-7;;;/h5-11,28H,3-4,12-13H2,1-2H3;1-5H,6H2,(H2,9,10);2*1H2;1H. The van der Waals surface area contributed by atoms with Gasteiger partial charge in [0.1, 0.15) is 11.3 Å². The predicted molar refractivity (Wildman–Crippen MR) is 162 cm³/mol. The molecule has 214 valence electrons. The second kappa shape index (κ2) is 14.9. The lowest BCUT2D eigenvalue weighted by molar-refractivity contribution is -0.117. The summed E-state index contributed by atoms with van der Waals surface area (Å²) >= 11 is 4.30. The summed E-state index contributed by atoms with van der Waals surface area (Å²) in [4.78, 5) is 30.0. The average molecular weight is 568 g/mol. The van der Waals surface area contributed by atoms with Crippen molar-refractivity contribution in [2.45, 2.75) is 32.6 Å². The fraction of sp³-hybridized carbons (Fsp3) is 0.233. The van der Waals surface area contributed by atoms with E-state index >= 15 is 0 Å². The number of nitrogens with two attached hydrogens (primary N) is 1. The summed E-state index contributed by atoms with van der Waals surface area (Å²) in [5.74, 6) is 1.54. The van der Waals surface area contributed by atoms with E-state index in [9.17, 15) is 9.59 Å². The Balaban J connectivity index is 0.000000555. The summed E-state index contributed by atoms with van der Waals surface area (Å²) in [5.41, 5.74) is 9.97. The molecular formula is C30H37N3O6S. The van der Waals surface area contributed by atoms with Crippen LogP contribution in [0.5, 0.6) is 11.5 Å². The molecule has 6 N–H and O–H groups in total. The topological polar surface area (TPSA) is 158 Å². The van der Waals surface area contributed by atoms with E-state index in [1.807, 2.05) is 80.6 Å². The van der Waals surface area contributed by atoms with Crippen molar-refractivity contribution in [1.29, 1.82) is 0 Å². The average Bonchev–Trinajstić information content (AvgIpc) is 3.28. The van der Waals surface area contributed by atoms with Gasteiger partial charge in [-0.05, 0) is 49.2 Å². The third-order valence-electron chi connectivity index (χ3n) is 6.07. The number of anilines is 1. The fourth-order valence-electron chi connectivity index (χ4n) is 4.42. The normalized spacial score (nSPS) is 11.5. The van der Waals surface area contributed by atoms with Crippen LogP contribution in [-0.4, -0.2) is 41.0 Å². The van der Waals surface area contributed by atoms with Crippen LogP contribution in [0.1, 0.15) is 42.3 Å². The van der Waals surface area contributed by atoms with Crippen LogP contribution in [0.2, 0.25) is 0 Å². The number of ether oxygens (including phenoxy) is 2. The van der Waals surface area contributed by atoms with Crippen molar-refractivity contribution < 1.29 is 31.4 Å². The van der Waals surface area contributed by atoms with Crippen LogP contribution in [0.4, 0.5) is 5.69 Å². The van der Waals surface area contributed by atoms with Crippen molar-refractivity contribution in [2.75, 3.05) is 18.1 Å². The van der Waals surface area contributed by atoms with Crippen molar-refractivity contribution in [3.63, 3.8) is 0 Å². The number of benzene rings is 3.